The Kier molecular flexibility index (Phi) is 3.60. The van der Waals surface area contributed by atoms with Crippen LogP contribution in [0, 0.1) is 12.7 Å². The molecular weight excluding hydrogens is 229 g/mol. The Labute approximate surface area is 106 Å². The third kappa shape index (κ3) is 2.86. The lowest BCUT2D eigenvalue weighted by Crippen LogP contribution is -2.05. The number of ether oxygens (including phenoxy) is 1. The van der Waals surface area contributed by atoms with E-state index in [9.17, 15) is 4.39 Å². The first-order valence-electron chi connectivity index (χ1n) is 5.95. The Balaban J connectivity index is 2.39. The van der Waals surface area contributed by atoms with E-state index in [0.29, 0.717) is 17.0 Å². The summed E-state index contributed by atoms with van der Waals surface area (Å²) < 4.78 is 19.4. The summed E-state index contributed by atoms with van der Waals surface area (Å²) in [6, 6.07) is 8.46. The van der Waals surface area contributed by atoms with Crippen LogP contribution in [0.4, 0.5) is 4.39 Å². The Morgan fingerprint density at radius 1 is 1.17 bits per heavy atom. The second kappa shape index (κ2) is 5.17. The molecule has 0 aliphatic heterocycles. The number of aromatic nitrogens is 1. The van der Waals surface area contributed by atoms with Crippen molar-refractivity contribution in [1.29, 1.82) is 0 Å². The number of halogens is 1. The van der Waals surface area contributed by atoms with Gasteiger partial charge in [-0.3, -0.25) is 4.98 Å². The van der Waals surface area contributed by atoms with Crippen LogP contribution in [0.5, 0.6) is 5.75 Å². The summed E-state index contributed by atoms with van der Waals surface area (Å²) in [4.78, 5) is 4.23. The van der Waals surface area contributed by atoms with E-state index in [-0.39, 0.29) is 11.9 Å². The van der Waals surface area contributed by atoms with Gasteiger partial charge in [0.05, 0.1) is 11.8 Å². The van der Waals surface area contributed by atoms with Crippen molar-refractivity contribution in [1.82, 2.24) is 4.98 Å². The van der Waals surface area contributed by atoms with Crippen molar-refractivity contribution in [3.05, 3.63) is 47.9 Å². The van der Waals surface area contributed by atoms with E-state index < -0.39 is 0 Å². The molecule has 2 rings (SSSR count). The summed E-state index contributed by atoms with van der Waals surface area (Å²) in [6.07, 6.45) is 1.79. The molecular formula is C15H16FNO. The first-order valence-corrected chi connectivity index (χ1v) is 5.95. The minimum atomic E-state index is -0.289. The van der Waals surface area contributed by atoms with Crippen molar-refractivity contribution in [3.8, 4) is 17.0 Å². The molecule has 1 heterocycles. The first-order chi connectivity index (χ1) is 8.56. The first kappa shape index (κ1) is 12.6. The fourth-order valence-electron chi connectivity index (χ4n) is 1.67. The summed E-state index contributed by atoms with van der Waals surface area (Å²) >= 11 is 0. The molecule has 2 aromatic rings. The molecule has 94 valence electrons. The second-order valence-electron chi connectivity index (χ2n) is 4.53. The summed E-state index contributed by atoms with van der Waals surface area (Å²) in [7, 11) is 0. The standard InChI is InChI=1S/C15H16FNO/c1-10(2)18-12-5-6-14(16)13(8-12)15-7-4-11(3)9-17-15/h4-10H,1-3H3. The zero-order chi connectivity index (χ0) is 13.1. The molecule has 0 amide bonds. The maximum Gasteiger partial charge on any atom is 0.132 e. The van der Waals surface area contributed by atoms with Crippen LogP contribution in [0.1, 0.15) is 19.4 Å². The van der Waals surface area contributed by atoms with E-state index in [1.165, 1.54) is 6.07 Å². The molecule has 3 heteroatoms. The highest BCUT2D eigenvalue weighted by Crippen LogP contribution is 2.26. The summed E-state index contributed by atoms with van der Waals surface area (Å²) in [5, 5.41) is 0. The monoisotopic (exact) mass is 245 g/mol. The van der Waals surface area contributed by atoms with Gasteiger partial charge in [0, 0.05) is 11.8 Å². The molecule has 18 heavy (non-hydrogen) atoms. The molecule has 0 bridgehead atoms. The quantitative estimate of drug-likeness (QED) is 0.815. The van der Waals surface area contributed by atoms with Gasteiger partial charge in [0.25, 0.3) is 0 Å². The van der Waals surface area contributed by atoms with Gasteiger partial charge in [0.1, 0.15) is 11.6 Å². The van der Waals surface area contributed by atoms with Crippen LogP contribution in [-0.4, -0.2) is 11.1 Å². The predicted molar refractivity (Wildman–Crippen MR) is 70.1 cm³/mol. The van der Waals surface area contributed by atoms with E-state index in [0.717, 1.165) is 5.56 Å². The van der Waals surface area contributed by atoms with Gasteiger partial charge < -0.3 is 4.74 Å². The lowest BCUT2D eigenvalue weighted by molar-refractivity contribution is 0.242. The number of benzene rings is 1. The second-order valence-corrected chi connectivity index (χ2v) is 4.53. The molecule has 0 saturated heterocycles. The maximum atomic E-state index is 13.8. The maximum absolute atomic E-state index is 13.8. The fourth-order valence-corrected chi connectivity index (χ4v) is 1.67. The van der Waals surface area contributed by atoms with Crippen LogP contribution < -0.4 is 4.74 Å². The van der Waals surface area contributed by atoms with Crippen molar-refractivity contribution < 1.29 is 9.13 Å². The normalized spacial score (nSPS) is 10.7. The van der Waals surface area contributed by atoms with Crippen LogP contribution in [0.2, 0.25) is 0 Å². The van der Waals surface area contributed by atoms with Crippen molar-refractivity contribution in [3.63, 3.8) is 0 Å². The molecule has 1 aromatic carbocycles. The minimum Gasteiger partial charge on any atom is -0.491 e. The van der Waals surface area contributed by atoms with E-state index in [1.54, 1.807) is 18.3 Å². The summed E-state index contributed by atoms with van der Waals surface area (Å²) in [5.41, 5.74) is 2.13. The van der Waals surface area contributed by atoms with Gasteiger partial charge in [-0.05, 0) is 50.6 Å². The van der Waals surface area contributed by atoms with Gasteiger partial charge in [-0.25, -0.2) is 4.39 Å². The van der Waals surface area contributed by atoms with Gasteiger partial charge in [-0.1, -0.05) is 6.07 Å². The van der Waals surface area contributed by atoms with Gasteiger partial charge >= 0.3 is 0 Å². The minimum absolute atomic E-state index is 0.0642. The van der Waals surface area contributed by atoms with Crippen LogP contribution in [0.3, 0.4) is 0 Å². The fraction of sp³-hybridized carbons (Fsp3) is 0.267. The molecule has 0 radical (unpaired) electrons. The predicted octanol–water partition coefficient (Wildman–Crippen LogP) is 3.98. The van der Waals surface area contributed by atoms with E-state index in [1.807, 2.05) is 32.9 Å². The topological polar surface area (TPSA) is 22.1 Å². The highest BCUT2D eigenvalue weighted by atomic mass is 19.1. The Bertz CT molecular complexity index is 535. The number of hydrogen-bond donors (Lipinski definition) is 0. The molecule has 0 aliphatic carbocycles. The Morgan fingerprint density at radius 2 is 1.94 bits per heavy atom. The molecule has 0 unspecified atom stereocenters. The van der Waals surface area contributed by atoms with Crippen molar-refractivity contribution >= 4 is 0 Å². The molecule has 0 fully saturated rings. The van der Waals surface area contributed by atoms with Gasteiger partial charge in [0.2, 0.25) is 0 Å². The van der Waals surface area contributed by atoms with Crippen molar-refractivity contribution in [2.75, 3.05) is 0 Å². The number of rotatable bonds is 3. The average molecular weight is 245 g/mol. The number of aryl methyl sites for hydroxylation is 1. The summed E-state index contributed by atoms with van der Waals surface area (Å²) in [6.45, 7) is 5.83. The van der Waals surface area contributed by atoms with Crippen molar-refractivity contribution in [2.45, 2.75) is 26.9 Å². The number of hydrogen-bond acceptors (Lipinski definition) is 2. The van der Waals surface area contributed by atoms with E-state index in [2.05, 4.69) is 4.98 Å². The van der Waals surface area contributed by atoms with Gasteiger partial charge in [0.15, 0.2) is 0 Å². The van der Waals surface area contributed by atoms with Crippen molar-refractivity contribution in [2.24, 2.45) is 0 Å². The molecule has 0 saturated carbocycles. The molecule has 0 aliphatic rings. The van der Waals surface area contributed by atoms with Crippen LogP contribution in [0.15, 0.2) is 36.5 Å². The third-order valence-corrected chi connectivity index (χ3v) is 2.50. The molecule has 0 atom stereocenters. The van der Waals surface area contributed by atoms with Gasteiger partial charge in [-0.2, -0.15) is 0 Å². The third-order valence-electron chi connectivity index (χ3n) is 2.50. The smallest absolute Gasteiger partial charge is 0.132 e. The van der Waals surface area contributed by atoms with E-state index in [4.69, 9.17) is 4.74 Å². The zero-order valence-electron chi connectivity index (χ0n) is 10.8. The number of pyridine rings is 1. The molecule has 0 N–H and O–H groups in total. The zero-order valence-corrected chi connectivity index (χ0v) is 10.8. The number of nitrogens with zero attached hydrogens (tertiary/aromatic N) is 1. The van der Waals surface area contributed by atoms with Crippen LogP contribution in [0.25, 0.3) is 11.3 Å². The Hall–Kier alpha value is -1.90. The lowest BCUT2D eigenvalue weighted by Gasteiger charge is -2.11. The average Bonchev–Trinajstić information content (AvgIpc) is 2.32. The van der Waals surface area contributed by atoms with Gasteiger partial charge in [-0.15, -0.1) is 0 Å². The SMILES string of the molecule is Cc1ccc(-c2cc(OC(C)C)ccc2F)nc1. The lowest BCUT2D eigenvalue weighted by atomic mass is 10.1. The molecule has 1 aromatic heterocycles. The highest BCUT2D eigenvalue weighted by Gasteiger charge is 2.08. The molecule has 0 spiro atoms. The van der Waals surface area contributed by atoms with Crippen LogP contribution in [-0.2, 0) is 0 Å². The molecule has 2 nitrogen and oxygen atoms in total. The largest absolute Gasteiger partial charge is 0.491 e. The van der Waals surface area contributed by atoms with Crippen LogP contribution >= 0.6 is 0 Å². The van der Waals surface area contributed by atoms with E-state index >= 15 is 0 Å². The summed E-state index contributed by atoms with van der Waals surface area (Å²) in [5.74, 6) is 0.367. The Morgan fingerprint density at radius 3 is 2.56 bits per heavy atom. The highest BCUT2D eigenvalue weighted by molar-refractivity contribution is 5.62.